The van der Waals surface area contributed by atoms with E-state index in [1.807, 2.05) is 20.8 Å². The molecular formula is C28H39FO6. The van der Waals surface area contributed by atoms with Crippen LogP contribution in [0.15, 0.2) is 23.8 Å². The first-order valence-electron chi connectivity index (χ1n) is 13.2. The molecule has 1 heterocycles. The van der Waals surface area contributed by atoms with Crippen LogP contribution in [0.1, 0.15) is 72.6 Å². The van der Waals surface area contributed by atoms with Crippen molar-refractivity contribution in [1.82, 2.24) is 0 Å². The Morgan fingerprint density at radius 1 is 1.26 bits per heavy atom. The third kappa shape index (κ3) is 3.01. The van der Waals surface area contributed by atoms with Crippen molar-refractivity contribution in [2.24, 2.45) is 28.6 Å². The van der Waals surface area contributed by atoms with Gasteiger partial charge in [-0.1, -0.05) is 38.8 Å². The second-order valence-electron chi connectivity index (χ2n) is 11.9. The maximum Gasteiger partial charge on any atom is 0.284 e. The summed E-state index contributed by atoms with van der Waals surface area (Å²) in [7, 11) is 1.54. The summed E-state index contributed by atoms with van der Waals surface area (Å²) in [4.78, 5) is 25.8. The average Bonchev–Trinajstić information content (AvgIpc) is 3.03. The van der Waals surface area contributed by atoms with Crippen molar-refractivity contribution < 1.29 is 33.3 Å². The van der Waals surface area contributed by atoms with Gasteiger partial charge >= 0.3 is 0 Å². The van der Waals surface area contributed by atoms with Gasteiger partial charge in [-0.25, -0.2) is 4.39 Å². The van der Waals surface area contributed by atoms with Crippen molar-refractivity contribution in [3.8, 4) is 0 Å². The number of aliphatic hydroxyl groups excluding tert-OH is 1. The van der Waals surface area contributed by atoms with Gasteiger partial charge in [0.15, 0.2) is 17.2 Å². The van der Waals surface area contributed by atoms with Crippen molar-refractivity contribution in [3.63, 3.8) is 0 Å². The SMILES string of the molecule is CCCCC1(OC)OCC(=O)[C@@]2(O1)[C@H](C)C[C@H]1[C@@H]3CCC4=CC(=O)C=C[C@]4(C)[C@@]3(F)[C@@H](O)C[C@@]12C. The van der Waals surface area contributed by atoms with Gasteiger partial charge in [0.2, 0.25) is 0 Å². The van der Waals surface area contributed by atoms with E-state index in [4.69, 9.17) is 14.2 Å². The monoisotopic (exact) mass is 490 g/mol. The lowest BCUT2D eigenvalue weighted by atomic mass is 9.44. The molecule has 4 aliphatic carbocycles. The Balaban J connectivity index is 1.59. The summed E-state index contributed by atoms with van der Waals surface area (Å²) in [5.74, 6) is -2.43. The van der Waals surface area contributed by atoms with Crippen LogP contribution >= 0.6 is 0 Å². The molecule has 5 rings (SSSR count). The molecule has 1 aliphatic heterocycles. The predicted molar refractivity (Wildman–Crippen MR) is 127 cm³/mol. The summed E-state index contributed by atoms with van der Waals surface area (Å²) in [6, 6.07) is 0. The zero-order valence-electron chi connectivity index (χ0n) is 21.6. The largest absolute Gasteiger partial charge is 0.390 e. The Morgan fingerprint density at radius 2 is 2.00 bits per heavy atom. The number of alkyl halides is 1. The number of hydrogen-bond donors (Lipinski definition) is 1. The zero-order valence-corrected chi connectivity index (χ0v) is 21.6. The Hall–Kier alpha value is -1.41. The van der Waals surface area contributed by atoms with Crippen LogP contribution in [-0.2, 0) is 23.8 Å². The van der Waals surface area contributed by atoms with E-state index < -0.39 is 40.1 Å². The van der Waals surface area contributed by atoms with E-state index in [-0.39, 0.29) is 36.4 Å². The van der Waals surface area contributed by atoms with Gasteiger partial charge in [-0.05, 0) is 63.0 Å². The molecule has 194 valence electrons. The smallest absolute Gasteiger partial charge is 0.284 e. The number of ether oxygens (including phenoxy) is 3. The molecule has 3 saturated carbocycles. The number of rotatable bonds is 4. The molecule has 0 aromatic carbocycles. The Kier molecular flexibility index (Phi) is 5.80. The maximum atomic E-state index is 17.4. The normalized spacial score (nSPS) is 51.1. The number of methoxy groups -OCH3 is 1. The summed E-state index contributed by atoms with van der Waals surface area (Å²) in [5.41, 5.74) is -4.24. The molecule has 5 aliphatic rings. The van der Waals surface area contributed by atoms with Gasteiger partial charge < -0.3 is 19.3 Å². The van der Waals surface area contributed by atoms with E-state index in [1.165, 1.54) is 13.2 Å². The Bertz CT molecular complexity index is 992. The molecular weight excluding hydrogens is 451 g/mol. The van der Waals surface area contributed by atoms with Crippen LogP contribution in [0.25, 0.3) is 0 Å². The number of ketones is 2. The van der Waals surface area contributed by atoms with Gasteiger partial charge in [-0.15, -0.1) is 0 Å². The number of fused-ring (bicyclic) bond motifs is 6. The van der Waals surface area contributed by atoms with E-state index in [1.54, 1.807) is 12.2 Å². The van der Waals surface area contributed by atoms with Crippen LogP contribution in [0.5, 0.6) is 0 Å². The molecule has 6 nitrogen and oxygen atoms in total. The van der Waals surface area contributed by atoms with Crippen molar-refractivity contribution in [1.29, 1.82) is 0 Å². The summed E-state index contributed by atoms with van der Waals surface area (Å²) in [6.07, 6.45) is 7.38. The lowest BCUT2D eigenvalue weighted by Gasteiger charge is -2.63. The lowest BCUT2D eigenvalue weighted by Crippen LogP contribution is -2.72. The first-order chi connectivity index (χ1) is 16.4. The van der Waals surface area contributed by atoms with Crippen LogP contribution in [0, 0.1) is 28.6 Å². The molecule has 1 spiro atoms. The average molecular weight is 491 g/mol. The molecule has 7 heteroatoms. The van der Waals surface area contributed by atoms with E-state index in [2.05, 4.69) is 6.92 Å². The number of hydrogen-bond acceptors (Lipinski definition) is 6. The van der Waals surface area contributed by atoms with Gasteiger partial charge in [-0.2, -0.15) is 0 Å². The number of halogens is 1. The summed E-state index contributed by atoms with van der Waals surface area (Å²) in [5, 5.41) is 11.6. The quantitative estimate of drug-likeness (QED) is 0.627. The number of carbonyl (C=O) groups excluding carboxylic acids is 2. The Labute approximate surface area is 207 Å². The minimum absolute atomic E-state index is 0.0962. The summed E-state index contributed by atoms with van der Waals surface area (Å²) < 4.78 is 35.7. The molecule has 4 fully saturated rings. The van der Waals surface area contributed by atoms with Crippen LogP contribution in [-0.4, -0.2) is 53.7 Å². The fourth-order valence-electron chi connectivity index (χ4n) is 8.68. The van der Waals surface area contributed by atoms with E-state index in [0.29, 0.717) is 25.7 Å². The highest BCUT2D eigenvalue weighted by atomic mass is 19.1. The van der Waals surface area contributed by atoms with E-state index in [0.717, 1.165) is 18.4 Å². The first kappa shape index (κ1) is 25.2. The number of carbonyl (C=O) groups is 2. The molecule has 1 unspecified atom stereocenters. The van der Waals surface area contributed by atoms with Gasteiger partial charge in [0.05, 0.1) is 6.10 Å². The molecule has 9 atom stereocenters. The molecule has 0 radical (unpaired) electrons. The Morgan fingerprint density at radius 3 is 2.69 bits per heavy atom. The van der Waals surface area contributed by atoms with Crippen molar-refractivity contribution in [2.75, 3.05) is 13.7 Å². The molecule has 1 N–H and O–H groups in total. The number of unbranched alkanes of at least 4 members (excludes halogenated alkanes) is 1. The fraction of sp³-hybridized carbons (Fsp3) is 0.786. The van der Waals surface area contributed by atoms with Gasteiger partial charge in [-0.3, -0.25) is 9.59 Å². The summed E-state index contributed by atoms with van der Waals surface area (Å²) >= 11 is 0. The van der Waals surface area contributed by atoms with E-state index >= 15 is 4.39 Å². The van der Waals surface area contributed by atoms with Crippen LogP contribution in [0.2, 0.25) is 0 Å². The van der Waals surface area contributed by atoms with Crippen molar-refractivity contribution >= 4 is 11.6 Å². The summed E-state index contributed by atoms with van der Waals surface area (Å²) in [6.45, 7) is 7.77. The van der Waals surface area contributed by atoms with Crippen molar-refractivity contribution in [2.45, 2.75) is 96.0 Å². The van der Waals surface area contributed by atoms with Gasteiger partial charge in [0.25, 0.3) is 5.97 Å². The van der Waals surface area contributed by atoms with E-state index in [9.17, 15) is 14.7 Å². The minimum atomic E-state index is -1.93. The fourth-order valence-corrected chi connectivity index (χ4v) is 8.68. The molecule has 0 amide bonds. The van der Waals surface area contributed by atoms with Crippen molar-refractivity contribution in [3.05, 3.63) is 23.8 Å². The topological polar surface area (TPSA) is 82.1 Å². The third-order valence-corrected chi connectivity index (χ3v) is 10.5. The third-order valence-electron chi connectivity index (χ3n) is 10.5. The predicted octanol–water partition coefficient (Wildman–Crippen LogP) is 4.45. The molecule has 1 saturated heterocycles. The minimum Gasteiger partial charge on any atom is -0.390 e. The highest BCUT2D eigenvalue weighted by molar-refractivity contribution is 6.01. The molecule has 35 heavy (non-hydrogen) atoms. The number of allylic oxidation sites excluding steroid dienone is 4. The molecule has 0 aromatic heterocycles. The first-order valence-corrected chi connectivity index (χ1v) is 13.2. The number of aliphatic hydroxyl groups is 1. The van der Waals surface area contributed by atoms with Crippen LogP contribution < -0.4 is 0 Å². The highest BCUT2D eigenvalue weighted by Crippen LogP contribution is 2.72. The van der Waals surface area contributed by atoms with Gasteiger partial charge in [0.1, 0.15) is 12.2 Å². The lowest BCUT2D eigenvalue weighted by molar-refractivity contribution is -0.431. The standard InChI is InChI=1S/C28H39FO6/c1-6-7-11-26(33-5)34-16-23(32)28(35-26)17(2)13-21-20-9-8-18-14-19(30)10-12-24(18,3)27(20,29)22(31)15-25(21,28)4/h10,12,14,17,20-22,31H,6-9,11,13,15-16H2,1-5H3/t17-,20+,21+,22+,24+,25+,26?,27+,28+/m1/s1. The second kappa shape index (κ2) is 8.04. The van der Waals surface area contributed by atoms with Crippen LogP contribution in [0.3, 0.4) is 0 Å². The zero-order chi connectivity index (χ0) is 25.4. The molecule has 0 bridgehead atoms. The highest BCUT2D eigenvalue weighted by Gasteiger charge is 2.78. The number of Topliss-reactive ketones (excluding diaryl/α,β-unsaturated/α-hetero) is 1. The van der Waals surface area contributed by atoms with Crippen LogP contribution in [0.4, 0.5) is 4.39 Å². The second-order valence-corrected chi connectivity index (χ2v) is 11.9. The molecule has 0 aromatic rings. The van der Waals surface area contributed by atoms with Gasteiger partial charge in [0, 0.05) is 30.3 Å². The maximum absolute atomic E-state index is 17.4.